The molecule has 2 aromatic rings. The van der Waals surface area contributed by atoms with Gasteiger partial charge >= 0.3 is 0 Å². The minimum absolute atomic E-state index is 0.0411. The van der Waals surface area contributed by atoms with Crippen molar-refractivity contribution in [2.45, 2.75) is 0 Å². The van der Waals surface area contributed by atoms with E-state index in [-0.39, 0.29) is 11.5 Å². The predicted octanol–water partition coefficient (Wildman–Crippen LogP) is 4.06. The summed E-state index contributed by atoms with van der Waals surface area (Å²) in [5.74, 6) is 0.510. The van der Waals surface area contributed by atoms with Gasteiger partial charge in [-0.2, -0.15) is 0 Å². The van der Waals surface area contributed by atoms with E-state index in [0.29, 0.717) is 12.2 Å². The fourth-order valence-electron chi connectivity index (χ4n) is 1.85. The lowest BCUT2D eigenvalue weighted by atomic mass is 10.1. The fraction of sp³-hybridized carbons (Fsp3) is 0.0556. The molecule has 116 valence electrons. The summed E-state index contributed by atoms with van der Waals surface area (Å²) in [7, 11) is 0. The maximum absolute atomic E-state index is 12.0. The Hall–Kier alpha value is -3.21. The van der Waals surface area contributed by atoms with Gasteiger partial charge in [-0.3, -0.25) is 14.9 Å². The Balaban J connectivity index is 2.02. The molecule has 0 radical (unpaired) electrons. The van der Waals surface area contributed by atoms with Crippen LogP contribution >= 0.6 is 0 Å². The van der Waals surface area contributed by atoms with Crippen molar-refractivity contribution in [2.75, 3.05) is 6.61 Å². The monoisotopic (exact) mass is 309 g/mol. The van der Waals surface area contributed by atoms with E-state index < -0.39 is 4.92 Å². The van der Waals surface area contributed by atoms with Gasteiger partial charge in [-0.1, -0.05) is 30.9 Å². The van der Waals surface area contributed by atoms with Crippen LogP contribution in [0.3, 0.4) is 0 Å². The molecule has 5 nitrogen and oxygen atoms in total. The third-order valence-electron chi connectivity index (χ3n) is 3.04. The number of hydrogen-bond donors (Lipinski definition) is 0. The number of benzene rings is 2. The molecule has 0 fully saturated rings. The van der Waals surface area contributed by atoms with Gasteiger partial charge in [0, 0.05) is 17.7 Å². The lowest BCUT2D eigenvalue weighted by molar-refractivity contribution is -0.384. The van der Waals surface area contributed by atoms with E-state index in [2.05, 4.69) is 6.58 Å². The third-order valence-corrected chi connectivity index (χ3v) is 3.04. The number of nitro groups is 1. The molecule has 23 heavy (non-hydrogen) atoms. The number of ether oxygens (including phenoxy) is 1. The summed E-state index contributed by atoms with van der Waals surface area (Å²) in [5, 5.41) is 10.6. The SMILES string of the molecule is C=CCOc1ccc(/C=C/C(=O)c2ccc([N+](=O)[O-])cc2)cc1. The highest BCUT2D eigenvalue weighted by atomic mass is 16.6. The molecule has 0 unspecified atom stereocenters. The highest BCUT2D eigenvalue weighted by Crippen LogP contribution is 2.15. The average Bonchev–Trinajstić information content (AvgIpc) is 2.58. The van der Waals surface area contributed by atoms with Crippen LogP contribution in [0.4, 0.5) is 5.69 Å². The summed E-state index contributed by atoms with van der Waals surface area (Å²) in [6.45, 7) is 4.01. The standard InChI is InChI=1S/C18H15NO4/c1-2-13-23-17-10-3-14(4-11-17)5-12-18(20)15-6-8-16(9-7-15)19(21)22/h2-12H,1,13H2/b12-5+. The number of allylic oxidation sites excluding steroid dienone is 1. The Morgan fingerprint density at radius 3 is 2.35 bits per heavy atom. The van der Waals surface area contributed by atoms with Gasteiger partial charge in [-0.25, -0.2) is 0 Å². The van der Waals surface area contributed by atoms with Crippen LogP contribution in [0.25, 0.3) is 6.08 Å². The Morgan fingerprint density at radius 2 is 1.78 bits per heavy atom. The van der Waals surface area contributed by atoms with Gasteiger partial charge in [0.15, 0.2) is 5.78 Å². The van der Waals surface area contributed by atoms with Gasteiger partial charge < -0.3 is 4.74 Å². The Bertz CT molecular complexity index is 731. The van der Waals surface area contributed by atoms with E-state index in [0.717, 1.165) is 11.3 Å². The van der Waals surface area contributed by atoms with E-state index >= 15 is 0 Å². The van der Waals surface area contributed by atoms with E-state index in [1.165, 1.54) is 30.3 Å². The molecule has 5 heteroatoms. The lowest BCUT2D eigenvalue weighted by Gasteiger charge is -2.02. The first-order chi connectivity index (χ1) is 11.1. The number of nitrogens with zero attached hydrogens (tertiary/aromatic N) is 1. The molecular formula is C18H15NO4. The molecule has 0 saturated heterocycles. The zero-order valence-electron chi connectivity index (χ0n) is 12.3. The van der Waals surface area contributed by atoms with Crippen molar-refractivity contribution in [2.24, 2.45) is 0 Å². The highest BCUT2D eigenvalue weighted by Gasteiger charge is 2.07. The van der Waals surface area contributed by atoms with Crippen molar-refractivity contribution in [3.63, 3.8) is 0 Å². The summed E-state index contributed by atoms with van der Waals surface area (Å²) in [6, 6.07) is 12.8. The molecule has 0 heterocycles. The molecule has 0 N–H and O–H groups in total. The molecule has 0 spiro atoms. The Morgan fingerprint density at radius 1 is 1.13 bits per heavy atom. The fourth-order valence-corrected chi connectivity index (χ4v) is 1.85. The summed E-state index contributed by atoms with van der Waals surface area (Å²) in [4.78, 5) is 22.1. The first-order valence-electron chi connectivity index (χ1n) is 6.91. The summed E-state index contributed by atoms with van der Waals surface area (Å²) in [5.41, 5.74) is 1.21. The molecular weight excluding hydrogens is 294 g/mol. The third kappa shape index (κ3) is 4.64. The lowest BCUT2D eigenvalue weighted by Crippen LogP contribution is -1.95. The number of rotatable bonds is 7. The van der Waals surface area contributed by atoms with Gasteiger partial charge in [0.1, 0.15) is 12.4 Å². The summed E-state index contributed by atoms with van der Waals surface area (Å²) < 4.78 is 5.37. The first kappa shape index (κ1) is 16.2. The van der Waals surface area contributed by atoms with E-state index in [1.54, 1.807) is 24.3 Å². The Labute approximate surface area is 133 Å². The molecule has 0 aromatic heterocycles. The van der Waals surface area contributed by atoms with Gasteiger partial charge in [0.25, 0.3) is 5.69 Å². The number of nitro benzene ring substituents is 1. The van der Waals surface area contributed by atoms with Crippen LogP contribution in [0.5, 0.6) is 5.75 Å². The molecule has 2 aromatic carbocycles. The predicted molar refractivity (Wildman–Crippen MR) is 88.6 cm³/mol. The Kier molecular flexibility index (Phi) is 5.41. The topological polar surface area (TPSA) is 69.4 Å². The van der Waals surface area contributed by atoms with E-state index in [4.69, 9.17) is 4.74 Å². The molecule has 0 aliphatic heterocycles. The van der Waals surface area contributed by atoms with Crippen LogP contribution in [0.15, 0.2) is 67.3 Å². The van der Waals surface area contributed by atoms with E-state index in [1.807, 2.05) is 12.1 Å². The number of non-ortho nitro benzene ring substituents is 1. The number of carbonyl (C=O) groups is 1. The summed E-state index contributed by atoms with van der Waals surface area (Å²) >= 11 is 0. The largest absolute Gasteiger partial charge is 0.490 e. The molecule has 0 aliphatic carbocycles. The second-order valence-corrected chi connectivity index (χ2v) is 4.67. The molecule has 2 rings (SSSR count). The zero-order chi connectivity index (χ0) is 16.7. The van der Waals surface area contributed by atoms with Crippen molar-refractivity contribution in [1.82, 2.24) is 0 Å². The van der Waals surface area contributed by atoms with Gasteiger partial charge in [-0.05, 0) is 35.9 Å². The number of carbonyl (C=O) groups excluding carboxylic acids is 1. The highest BCUT2D eigenvalue weighted by molar-refractivity contribution is 6.06. The quantitative estimate of drug-likeness (QED) is 0.254. The van der Waals surface area contributed by atoms with Crippen LogP contribution in [0.1, 0.15) is 15.9 Å². The molecule has 0 amide bonds. The number of hydrogen-bond acceptors (Lipinski definition) is 4. The zero-order valence-corrected chi connectivity index (χ0v) is 12.3. The smallest absolute Gasteiger partial charge is 0.269 e. The van der Waals surface area contributed by atoms with Crippen molar-refractivity contribution < 1.29 is 14.5 Å². The molecule has 0 bridgehead atoms. The van der Waals surface area contributed by atoms with Crippen LogP contribution < -0.4 is 4.74 Å². The van der Waals surface area contributed by atoms with Crippen LogP contribution in [0, 0.1) is 10.1 Å². The molecule has 0 aliphatic rings. The average molecular weight is 309 g/mol. The number of ketones is 1. The van der Waals surface area contributed by atoms with Gasteiger partial charge in [0.2, 0.25) is 0 Å². The van der Waals surface area contributed by atoms with Gasteiger partial charge in [0.05, 0.1) is 4.92 Å². The maximum Gasteiger partial charge on any atom is 0.269 e. The van der Waals surface area contributed by atoms with Crippen molar-refractivity contribution >= 4 is 17.5 Å². The van der Waals surface area contributed by atoms with Crippen LogP contribution in [-0.4, -0.2) is 17.3 Å². The molecule has 0 atom stereocenters. The van der Waals surface area contributed by atoms with Crippen molar-refractivity contribution in [3.05, 3.63) is 88.5 Å². The second-order valence-electron chi connectivity index (χ2n) is 4.67. The van der Waals surface area contributed by atoms with Crippen molar-refractivity contribution in [1.29, 1.82) is 0 Å². The maximum atomic E-state index is 12.0. The van der Waals surface area contributed by atoms with Crippen LogP contribution in [0.2, 0.25) is 0 Å². The minimum atomic E-state index is -0.500. The van der Waals surface area contributed by atoms with Crippen molar-refractivity contribution in [3.8, 4) is 5.75 Å². The first-order valence-corrected chi connectivity index (χ1v) is 6.91. The minimum Gasteiger partial charge on any atom is -0.490 e. The normalized spacial score (nSPS) is 10.4. The summed E-state index contributed by atoms with van der Waals surface area (Å²) in [6.07, 6.45) is 4.78. The van der Waals surface area contributed by atoms with E-state index in [9.17, 15) is 14.9 Å². The molecule has 0 saturated carbocycles. The van der Waals surface area contributed by atoms with Crippen LogP contribution in [-0.2, 0) is 0 Å². The second kappa shape index (κ2) is 7.70. The van der Waals surface area contributed by atoms with Gasteiger partial charge in [-0.15, -0.1) is 0 Å².